The number of sulfonamides is 2. The molecule has 4 N–H and O–H groups in total. The van der Waals surface area contributed by atoms with Crippen LogP contribution in [0.1, 0.15) is 39.2 Å². The number of aliphatic hydroxyl groups is 1. The van der Waals surface area contributed by atoms with E-state index in [1.807, 2.05) is 39.1 Å². The Morgan fingerprint density at radius 1 is 1.17 bits per heavy atom. The van der Waals surface area contributed by atoms with Crippen LogP contribution in [0.2, 0.25) is 0 Å². The predicted octanol–water partition coefficient (Wildman–Crippen LogP) is 2.44. The number of nitrogens with one attached hydrogen (secondary N) is 1. The van der Waals surface area contributed by atoms with E-state index in [0.29, 0.717) is 13.0 Å². The number of nitrogens with two attached hydrogens (primary N) is 1. The van der Waals surface area contributed by atoms with Crippen molar-refractivity contribution in [2.75, 3.05) is 32.1 Å². The van der Waals surface area contributed by atoms with E-state index in [1.54, 1.807) is 0 Å². The molecule has 1 aliphatic rings. The number of anilines is 1. The first kappa shape index (κ1) is 28.5. The first-order valence-corrected chi connectivity index (χ1v) is 15.0. The Balaban J connectivity index is 1.74. The van der Waals surface area contributed by atoms with Gasteiger partial charge in [-0.15, -0.1) is 0 Å². The monoisotopic (exact) mass is 538 g/mol. The van der Waals surface area contributed by atoms with Crippen molar-refractivity contribution in [3.05, 3.63) is 54.1 Å². The topological polar surface area (TPSA) is 133 Å². The first-order chi connectivity index (χ1) is 16.7. The highest BCUT2D eigenvalue weighted by Gasteiger charge is 2.44. The van der Waals surface area contributed by atoms with E-state index in [4.69, 9.17) is 5.14 Å². The van der Waals surface area contributed by atoms with Gasteiger partial charge in [-0.1, -0.05) is 44.2 Å². The van der Waals surface area contributed by atoms with E-state index in [9.17, 15) is 21.9 Å². The summed E-state index contributed by atoms with van der Waals surface area (Å²) in [6.45, 7) is 7.16. The maximum atomic E-state index is 13.4. The molecule has 0 aromatic heterocycles. The largest absolute Gasteiger partial charge is 0.395 e. The minimum Gasteiger partial charge on any atom is -0.395 e. The van der Waals surface area contributed by atoms with Crippen LogP contribution in [0.3, 0.4) is 0 Å². The summed E-state index contributed by atoms with van der Waals surface area (Å²) in [4.78, 5) is 1.78. The van der Waals surface area contributed by atoms with Crippen LogP contribution in [0.5, 0.6) is 0 Å². The van der Waals surface area contributed by atoms with Crippen molar-refractivity contribution in [1.29, 1.82) is 0 Å². The summed E-state index contributed by atoms with van der Waals surface area (Å²) in [5, 5.41) is 18.3. The third-order valence-corrected chi connectivity index (χ3v) is 9.61. The predicted molar refractivity (Wildman–Crippen MR) is 141 cm³/mol. The molecule has 1 saturated heterocycles. The van der Waals surface area contributed by atoms with Crippen LogP contribution in [-0.2, 0) is 26.6 Å². The Bertz CT molecular complexity index is 1250. The summed E-state index contributed by atoms with van der Waals surface area (Å²) in [5.41, 5.74) is 1.17. The van der Waals surface area contributed by atoms with Crippen molar-refractivity contribution >= 4 is 25.7 Å². The zero-order valence-electron chi connectivity index (χ0n) is 21.4. The van der Waals surface area contributed by atoms with Crippen LogP contribution in [0.4, 0.5) is 5.69 Å². The fourth-order valence-electron chi connectivity index (χ4n) is 4.64. The fraction of sp³-hybridized carbons (Fsp3) is 0.520. The van der Waals surface area contributed by atoms with E-state index in [0.717, 1.165) is 19.0 Å². The molecule has 36 heavy (non-hydrogen) atoms. The summed E-state index contributed by atoms with van der Waals surface area (Å²) in [6, 6.07) is 13.7. The molecule has 1 aliphatic heterocycles. The van der Waals surface area contributed by atoms with Gasteiger partial charge in [-0.25, -0.2) is 22.0 Å². The number of primary sulfonamides is 1. The molecule has 0 radical (unpaired) electrons. The van der Waals surface area contributed by atoms with Gasteiger partial charge in [0, 0.05) is 31.7 Å². The van der Waals surface area contributed by atoms with Crippen molar-refractivity contribution in [2.45, 2.75) is 62.0 Å². The molecule has 3 rings (SSSR count). The number of hydrogen-bond donors (Lipinski definition) is 3. The molecule has 0 bridgehead atoms. The molecule has 9 nitrogen and oxygen atoms in total. The van der Waals surface area contributed by atoms with Gasteiger partial charge in [0.25, 0.3) is 0 Å². The number of benzene rings is 2. The van der Waals surface area contributed by atoms with Gasteiger partial charge >= 0.3 is 0 Å². The zero-order chi connectivity index (χ0) is 26.7. The number of nitrogens with zero attached hydrogens (tertiary/aromatic N) is 2. The highest BCUT2D eigenvalue weighted by Crippen LogP contribution is 2.38. The molecule has 2 aromatic rings. The summed E-state index contributed by atoms with van der Waals surface area (Å²) < 4.78 is 52.7. The van der Waals surface area contributed by atoms with Gasteiger partial charge in [0.2, 0.25) is 20.0 Å². The number of hydrogen-bond acceptors (Lipinski definition) is 7. The van der Waals surface area contributed by atoms with Crippen molar-refractivity contribution in [3.63, 3.8) is 0 Å². The lowest BCUT2D eigenvalue weighted by Gasteiger charge is -2.25. The van der Waals surface area contributed by atoms with Crippen molar-refractivity contribution < 1.29 is 21.9 Å². The molecule has 0 aliphatic carbocycles. The second kappa shape index (κ2) is 11.2. The fourth-order valence-corrected chi connectivity index (χ4v) is 7.28. The molecule has 2 unspecified atom stereocenters. The molecule has 200 valence electrons. The van der Waals surface area contributed by atoms with Gasteiger partial charge in [-0.05, 0) is 56.0 Å². The van der Waals surface area contributed by atoms with E-state index in [1.165, 1.54) is 22.0 Å². The molecule has 2 atom stereocenters. The van der Waals surface area contributed by atoms with Gasteiger partial charge in [0.15, 0.2) is 0 Å². The standard InChI is InChI=1S/C25H38N4O5S2/c1-19(28(4)16-20-8-6-5-7-9-20)12-13-27-23-11-10-22(14-24(23)35(26,31)32)36(33,34)29-18-25(2,3)15-21(29)17-30/h5-11,14,19,21,27,30H,12-13,15-18H2,1-4H3,(H2,26,31,32). The molecule has 1 heterocycles. The molecule has 11 heteroatoms. The van der Waals surface area contributed by atoms with Crippen LogP contribution in [0, 0.1) is 5.41 Å². The lowest BCUT2D eigenvalue weighted by Crippen LogP contribution is -2.38. The van der Waals surface area contributed by atoms with Gasteiger partial charge < -0.3 is 10.4 Å². The zero-order valence-corrected chi connectivity index (χ0v) is 23.0. The molecule has 0 saturated carbocycles. The van der Waals surface area contributed by atoms with Crippen LogP contribution in [0.25, 0.3) is 0 Å². The number of aliphatic hydroxyl groups excluding tert-OH is 1. The van der Waals surface area contributed by atoms with Crippen LogP contribution in [-0.4, -0.2) is 70.0 Å². The summed E-state index contributed by atoms with van der Waals surface area (Å²) in [6.07, 6.45) is 1.25. The average molecular weight is 539 g/mol. The van der Waals surface area contributed by atoms with Gasteiger partial charge in [0.05, 0.1) is 17.2 Å². The number of rotatable bonds is 11. The first-order valence-electron chi connectivity index (χ1n) is 12.0. The molecular weight excluding hydrogens is 500 g/mol. The average Bonchev–Trinajstić information content (AvgIpc) is 3.14. The normalized spacial score (nSPS) is 19.5. The van der Waals surface area contributed by atoms with E-state index in [-0.39, 0.29) is 40.1 Å². The quantitative estimate of drug-likeness (QED) is 0.400. The molecule has 0 amide bonds. The summed E-state index contributed by atoms with van der Waals surface area (Å²) in [5.74, 6) is 0. The van der Waals surface area contributed by atoms with Crippen molar-refractivity contribution in [1.82, 2.24) is 9.21 Å². The SMILES string of the molecule is CC(CCNc1ccc(S(=O)(=O)N2CC(C)(C)CC2CO)cc1S(N)(=O)=O)N(C)Cc1ccccc1. The van der Waals surface area contributed by atoms with Crippen LogP contribution in [0.15, 0.2) is 58.3 Å². The van der Waals surface area contributed by atoms with E-state index < -0.39 is 26.1 Å². The Morgan fingerprint density at radius 2 is 1.83 bits per heavy atom. The molecule has 2 aromatic carbocycles. The highest BCUT2D eigenvalue weighted by atomic mass is 32.2. The van der Waals surface area contributed by atoms with Gasteiger partial charge in [-0.3, -0.25) is 4.90 Å². The van der Waals surface area contributed by atoms with Gasteiger partial charge in [0.1, 0.15) is 4.90 Å². The van der Waals surface area contributed by atoms with Gasteiger partial charge in [-0.2, -0.15) is 4.31 Å². The van der Waals surface area contributed by atoms with Crippen molar-refractivity contribution in [3.8, 4) is 0 Å². The molecular formula is C25H38N4O5S2. The Kier molecular flexibility index (Phi) is 8.85. The highest BCUT2D eigenvalue weighted by molar-refractivity contribution is 7.90. The van der Waals surface area contributed by atoms with Crippen molar-refractivity contribution in [2.24, 2.45) is 10.6 Å². The Labute approximate surface area is 215 Å². The second-order valence-corrected chi connectivity index (χ2v) is 13.8. The van der Waals surface area contributed by atoms with E-state index >= 15 is 0 Å². The Morgan fingerprint density at radius 3 is 2.44 bits per heavy atom. The lowest BCUT2D eigenvalue weighted by atomic mass is 9.91. The summed E-state index contributed by atoms with van der Waals surface area (Å²) >= 11 is 0. The third-order valence-electron chi connectivity index (χ3n) is 6.76. The lowest BCUT2D eigenvalue weighted by molar-refractivity contribution is 0.212. The second-order valence-electron chi connectivity index (χ2n) is 10.4. The van der Waals surface area contributed by atoms with E-state index in [2.05, 4.69) is 29.3 Å². The maximum absolute atomic E-state index is 13.4. The third kappa shape index (κ3) is 6.84. The molecule has 0 spiro atoms. The summed E-state index contributed by atoms with van der Waals surface area (Å²) in [7, 11) is -6.19. The minimum absolute atomic E-state index is 0.163. The Hall–Kier alpha value is -2.02. The van der Waals surface area contributed by atoms with Crippen LogP contribution < -0.4 is 10.5 Å². The molecule has 1 fully saturated rings. The minimum atomic E-state index is -4.19. The van der Waals surface area contributed by atoms with Crippen LogP contribution >= 0.6 is 0 Å². The maximum Gasteiger partial charge on any atom is 0.243 e. The smallest absolute Gasteiger partial charge is 0.243 e.